The first-order valence-electron chi connectivity index (χ1n) is 4.15. The van der Waals surface area contributed by atoms with E-state index in [1.165, 1.54) is 0 Å². The predicted octanol–water partition coefficient (Wildman–Crippen LogP) is 3.68. The number of aliphatic hydroxyl groups excluding tert-OH is 1. The van der Waals surface area contributed by atoms with Crippen LogP contribution < -0.4 is 0 Å². The zero-order valence-corrected chi connectivity index (χ0v) is 9.10. The molecule has 1 N–H and O–H groups in total. The summed E-state index contributed by atoms with van der Waals surface area (Å²) in [6.07, 6.45) is -0.550. The Bertz CT molecular complexity index is 297. The molecule has 0 spiro atoms. The molecule has 72 valence electrons. The summed E-state index contributed by atoms with van der Waals surface area (Å²) >= 11 is 11.7. The lowest BCUT2D eigenvalue weighted by atomic mass is 9.99. The summed E-state index contributed by atoms with van der Waals surface area (Å²) in [5, 5.41) is 10.9. The number of hydrogen-bond donors (Lipinski definition) is 1. The monoisotopic (exact) mass is 218 g/mol. The Morgan fingerprint density at radius 1 is 1.23 bits per heavy atom. The van der Waals surface area contributed by atoms with Gasteiger partial charge in [0.05, 0.1) is 6.10 Å². The normalized spacial score (nSPS) is 13.4. The number of aliphatic hydroxyl groups is 1. The average Bonchev–Trinajstić information content (AvgIpc) is 2.08. The molecule has 0 aliphatic rings. The Hall–Kier alpha value is -0.240. The fraction of sp³-hybridized carbons (Fsp3) is 0.400. The topological polar surface area (TPSA) is 20.2 Å². The van der Waals surface area contributed by atoms with Gasteiger partial charge in [-0.2, -0.15) is 0 Å². The fourth-order valence-corrected chi connectivity index (χ4v) is 1.51. The molecule has 3 heteroatoms. The van der Waals surface area contributed by atoms with Crippen LogP contribution in [0.3, 0.4) is 0 Å². The maximum Gasteiger partial charge on any atom is 0.0827 e. The second kappa shape index (κ2) is 4.32. The van der Waals surface area contributed by atoms with Crippen LogP contribution in [-0.2, 0) is 0 Å². The molecule has 1 aromatic carbocycles. The second-order valence-corrected chi connectivity index (χ2v) is 4.20. The molecule has 0 saturated carbocycles. The summed E-state index contributed by atoms with van der Waals surface area (Å²) in [7, 11) is 0. The third kappa shape index (κ3) is 2.60. The van der Waals surface area contributed by atoms with Crippen LogP contribution in [-0.4, -0.2) is 5.11 Å². The number of hydrogen-bond acceptors (Lipinski definition) is 1. The third-order valence-electron chi connectivity index (χ3n) is 1.91. The fourth-order valence-electron chi connectivity index (χ4n) is 1.10. The zero-order valence-electron chi connectivity index (χ0n) is 7.59. The molecule has 0 fully saturated rings. The lowest BCUT2D eigenvalue weighted by Gasteiger charge is -2.16. The van der Waals surface area contributed by atoms with E-state index in [1.54, 1.807) is 18.2 Å². The Balaban J connectivity index is 3.05. The van der Waals surface area contributed by atoms with E-state index in [1.807, 2.05) is 13.8 Å². The SMILES string of the molecule is CC(C)C(O)c1cc(Cl)ccc1Cl. The maximum atomic E-state index is 9.76. The molecule has 1 atom stereocenters. The summed E-state index contributed by atoms with van der Waals surface area (Å²) in [5.74, 6) is 0.135. The van der Waals surface area contributed by atoms with Crippen LogP contribution in [0.5, 0.6) is 0 Å². The quantitative estimate of drug-likeness (QED) is 0.804. The van der Waals surface area contributed by atoms with Crippen molar-refractivity contribution in [1.29, 1.82) is 0 Å². The van der Waals surface area contributed by atoms with Crippen molar-refractivity contribution in [2.24, 2.45) is 5.92 Å². The van der Waals surface area contributed by atoms with Gasteiger partial charge in [0.2, 0.25) is 0 Å². The Morgan fingerprint density at radius 2 is 1.85 bits per heavy atom. The van der Waals surface area contributed by atoms with Gasteiger partial charge in [0.1, 0.15) is 0 Å². The van der Waals surface area contributed by atoms with Gasteiger partial charge < -0.3 is 5.11 Å². The molecule has 1 nitrogen and oxygen atoms in total. The van der Waals surface area contributed by atoms with Gasteiger partial charge >= 0.3 is 0 Å². The maximum absolute atomic E-state index is 9.76. The lowest BCUT2D eigenvalue weighted by Crippen LogP contribution is -2.05. The lowest BCUT2D eigenvalue weighted by molar-refractivity contribution is 0.127. The molecule has 13 heavy (non-hydrogen) atoms. The molecule has 0 aliphatic heterocycles. The van der Waals surface area contributed by atoms with Crippen molar-refractivity contribution >= 4 is 23.2 Å². The molecular weight excluding hydrogens is 207 g/mol. The summed E-state index contributed by atoms with van der Waals surface area (Å²) in [6.45, 7) is 3.86. The van der Waals surface area contributed by atoms with Crippen molar-refractivity contribution in [3.05, 3.63) is 33.8 Å². The zero-order chi connectivity index (χ0) is 10.0. The van der Waals surface area contributed by atoms with E-state index in [4.69, 9.17) is 23.2 Å². The van der Waals surface area contributed by atoms with E-state index in [0.717, 1.165) is 0 Å². The van der Waals surface area contributed by atoms with Crippen molar-refractivity contribution in [3.63, 3.8) is 0 Å². The van der Waals surface area contributed by atoms with E-state index in [9.17, 15) is 5.11 Å². The highest BCUT2D eigenvalue weighted by atomic mass is 35.5. The highest BCUT2D eigenvalue weighted by molar-refractivity contribution is 6.33. The number of benzene rings is 1. The summed E-state index contributed by atoms with van der Waals surface area (Å²) < 4.78 is 0. The molecule has 0 heterocycles. The summed E-state index contributed by atoms with van der Waals surface area (Å²) in [4.78, 5) is 0. The Kier molecular flexibility index (Phi) is 3.60. The van der Waals surface area contributed by atoms with Crippen LogP contribution in [0, 0.1) is 5.92 Å². The van der Waals surface area contributed by atoms with Crippen LogP contribution in [0.25, 0.3) is 0 Å². The van der Waals surface area contributed by atoms with Crippen molar-refractivity contribution < 1.29 is 5.11 Å². The first-order chi connectivity index (χ1) is 6.02. The molecule has 0 bridgehead atoms. The second-order valence-electron chi connectivity index (χ2n) is 3.35. The van der Waals surface area contributed by atoms with Crippen LogP contribution in [0.4, 0.5) is 0 Å². The van der Waals surface area contributed by atoms with Crippen LogP contribution >= 0.6 is 23.2 Å². The van der Waals surface area contributed by atoms with E-state index in [2.05, 4.69) is 0 Å². The van der Waals surface area contributed by atoms with Crippen LogP contribution in [0.2, 0.25) is 10.0 Å². The van der Waals surface area contributed by atoms with E-state index in [-0.39, 0.29) is 5.92 Å². The summed E-state index contributed by atoms with van der Waals surface area (Å²) in [6, 6.07) is 5.11. The minimum absolute atomic E-state index is 0.135. The predicted molar refractivity (Wildman–Crippen MR) is 56.3 cm³/mol. The largest absolute Gasteiger partial charge is 0.388 e. The molecule has 0 amide bonds. The third-order valence-corrected chi connectivity index (χ3v) is 2.49. The van der Waals surface area contributed by atoms with Gasteiger partial charge in [0.15, 0.2) is 0 Å². The molecule has 1 aromatic rings. The molecule has 0 aromatic heterocycles. The molecule has 0 aliphatic carbocycles. The van der Waals surface area contributed by atoms with Gasteiger partial charge in [-0.25, -0.2) is 0 Å². The molecule has 1 unspecified atom stereocenters. The smallest absolute Gasteiger partial charge is 0.0827 e. The van der Waals surface area contributed by atoms with Gasteiger partial charge in [-0.05, 0) is 24.1 Å². The number of halogens is 2. The Morgan fingerprint density at radius 3 is 2.38 bits per heavy atom. The van der Waals surface area contributed by atoms with E-state index >= 15 is 0 Å². The van der Waals surface area contributed by atoms with Crippen LogP contribution in [0.15, 0.2) is 18.2 Å². The van der Waals surface area contributed by atoms with E-state index < -0.39 is 6.10 Å². The van der Waals surface area contributed by atoms with Crippen molar-refractivity contribution in [2.45, 2.75) is 20.0 Å². The van der Waals surface area contributed by atoms with Crippen molar-refractivity contribution in [1.82, 2.24) is 0 Å². The van der Waals surface area contributed by atoms with Gasteiger partial charge in [-0.1, -0.05) is 37.0 Å². The first kappa shape index (κ1) is 10.8. The van der Waals surface area contributed by atoms with Gasteiger partial charge in [0, 0.05) is 15.6 Å². The van der Waals surface area contributed by atoms with Crippen molar-refractivity contribution in [3.8, 4) is 0 Å². The minimum Gasteiger partial charge on any atom is -0.388 e. The highest BCUT2D eigenvalue weighted by Crippen LogP contribution is 2.30. The molecule has 0 radical (unpaired) electrons. The molecule has 1 rings (SSSR count). The van der Waals surface area contributed by atoms with Gasteiger partial charge in [-0.15, -0.1) is 0 Å². The minimum atomic E-state index is -0.550. The first-order valence-corrected chi connectivity index (χ1v) is 4.91. The molecule has 0 saturated heterocycles. The average molecular weight is 219 g/mol. The number of rotatable bonds is 2. The van der Waals surface area contributed by atoms with Gasteiger partial charge in [0.25, 0.3) is 0 Å². The van der Waals surface area contributed by atoms with Gasteiger partial charge in [-0.3, -0.25) is 0 Å². The van der Waals surface area contributed by atoms with E-state index in [0.29, 0.717) is 15.6 Å². The van der Waals surface area contributed by atoms with Crippen LogP contribution in [0.1, 0.15) is 25.5 Å². The van der Waals surface area contributed by atoms with Crippen molar-refractivity contribution in [2.75, 3.05) is 0 Å². The molecular formula is C10H12Cl2O. The Labute approximate surface area is 88.3 Å². The standard InChI is InChI=1S/C10H12Cl2O/c1-6(2)10(13)8-5-7(11)3-4-9(8)12/h3-6,10,13H,1-2H3. The highest BCUT2D eigenvalue weighted by Gasteiger charge is 2.15. The summed E-state index contributed by atoms with van der Waals surface area (Å²) in [5.41, 5.74) is 0.698.